The predicted octanol–water partition coefficient (Wildman–Crippen LogP) is 1.08. The van der Waals surface area contributed by atoms with Crippen LogP contribution in [0, 0.1) is 0 Å². The number of urea groups is 1. The highest BCUT2D eigenvalue weighted by molar-refractivity contribution is 7.10. The number of carboxylic acid groups (broad SMARTS) is 1. The van der Waals surface area contributed by atoms with Crippen LogP contribution in [0.25, 0.3) is 0 Å². The summed E-state index contributed by atoms with van der Waals surface area (Å²) in [4.78, 5) is 35.8. The van der Waals surface area contributed by atoms with E-state index in [0.29, 0.717) is 4.88 Å². The second-order valence-electron chi connectivity index (χ2n) is 3.90. The summed E-state index contributed by atoms with van der Waals surface area (Å²) >= 11 is 1.23. The van der Waals surface area contributed by atoms with Gasteiger partial charge in [-0.1, -0.05) is 6.07 Å². The third-order valence-corrected chi connectivity index (χ3v) is 3.30. The molecule has 0 aromatic carbocycles. The number of ether oxygens (including phenoxy) is 1. The zero-order chi connectivity index (χ0) is 15.1. The minimum atomic E-state index is -1.16. The SMILES string of the molecule is CCOC(=O)CN(C)C(=O)NC(C(=O)O)c1cccs1. The highest BCUT2D eigenvalue weighted by Gasteiger charge is 2.25. The van der Waals surface area contributed by atoms with E-state index in [2.05, 4.69) is 5.32 Å². The average Bonchev–Trinajstić information content (AvgIpc) is 2.88. The molecule has 110 valence electrons. The molecule has 1 aromatic rings. The summed E-state index contributed by atoms with van der Waals surface area (Å²) in [6.07, 6.45) is 0. The van der Waals surface area contributed by atoms with Crippen LogP contribution in [0.2, 0.25) is 0 Å². The van der Waals surface area contributed by atoms with Crippen LogP contribution in [0.1, 0.15) is 17.8 Å². The fourth-order valence-corrected chi connectivity index (χ4v) is 2.18. The molecule has 1 unspecified atom stereocenters. The lowest BCUT2D eigenvalue weighted by Crippen LogP contribution is -2.43. The number of rotatable bonds is 6. The number of aliphatic carboxylic acids is 1. The molecule has 0 spiro atoms. The van der Waals surface area contributed by atoms with Gasteiger partial charge in [0, 0.05) is 11.9 Å². The van der Waals surface area contributed by atoms with Crippen LogP contribution >= 0.6 is 11.3 Å². The van der Waals surface area contributed by atoms with Crippen LogP contribution in [0.15, 0.2) is 17.5 Å². The summed E-state index contributed by atoms with van der Waals surface area (Å²) in [7, 11) is 1.39. The van der Waals surface area contributed by atoms with Gasteiger partial charge in [0.1, 0.15) is 6.54 Å². The Morgan fingerprint density at radius 3 is 2.70 bits per heavy atom. The number of carbonyl (C=O) groups is 3. The lowest BCUT2D eigenvalue weighted by molar-refractivity contribution is -0.143. The van der Waals surface area contributed by atoms with Crippen LogP contribution in [0.5, 0.6) is 0 Å². The molecule has 0 saturated heterocycles. The maximum Gasteiger partial charge on any atom is 0.331 e. The van der Waals surface area contributed by atoms with E-state index in [4.69, 9.17) is 9.84 Å². The molecule has 0 radical (unpaired) electrons. The molecule has 0 fully saturated rings. The quantitative estimate of drug-likeness (QED) is 0.766. The summed E-state index contributed by atoms with van der Waals surface area (Å²) < 4.78 is 4.71. The van der Waals surface area contributed by atoms with Crippen molar-refractivity contribution in [2.45, 2.75) is 13.0 Å². The van der Waals surface area contributed by atoms with Crippen molar-refractivity contribution in [1.82, 2.24) is 10.2 Å². The zero-order valence-corrected chi connectivity index (χ0v) is 12.0. The van der Waals surface area contributed by atoms with E-state index in [1.54, 1.807) is 24.4 Å². The van der Waals surface area contributed by atoms with Crippen LogP contribution in [0.4, 0.5) is 4.79 Å². The average molecular weight is 300 g/mol. The summed E-state index contributed by atoms with van der Waals surface area (Å²) in [5, 5.41) is 13.2. The Balaban J connectivity index is 2.63. The van der Waals surface area contributed by atoms with Crippen molar-refractivity contribution in [2.75, 3.05) is 20.2 Å². The molecule has 1 aromatic heterocycles. The van der Waals surface area contributed by atoms with Crippen molar-refractivity contribution in [3.8, 4) is 0 Å². The fourth-order valence-electron chi connectivity index (χ4n) is 1.42. The molecule has 0 aliphatic rings. The Labute approximate surface area is 120 Å². The molecule has 0 aliphatic carbocycles. The van der Waals surface area contributed by atoms with Crippen LogP contribution in [0.3, 0.4) is 0 Å². The third-order valence-electron chi connectivity index (χ3n) is 2.36. The number of likely N-dealkylation sites (N-methyl/N-ethyl adjacent to an activating group) is 1. The number of thiophene rings is 1. The summed E-state index contributed by atoms with van der Waals surface area (Å²) in [6, 6.07) is 1.53. The number of hydrogen-bond donors (Lipinski definition) is 2. The summed E-state index contributed by atoms with van der Waals surface area (Å²) in [6.45, 7) is 1.65. The van der Waals surface area contributed by atoms with Crippen LogP contribution in [-0.2, 0) is 14.3 Å². The van der Waals surface area contributed by atoms with E-state index in [1.165, 1.54) is 18.4 Å². The number of hydrogen-bond acceptors (Lipinski definition) is 5. The third kappa shape index (κ3) is 4.54. The minimum absolute atomic E-state index is 0.223. The van der Waals surface area contributed by atoms with Gasteiger partial charge in [0.25, 0.3) is 0 Å². The molecular formula is C12H16N2O5S. The lowest BCUT2D eigenvalue weighted by atomic mass is 10.2. The minimum Gasteiger partial charge on any atom is -0.479 e. The van der Waals surface area contributed by atoms with Crippen molar-refractivity contribution in [1.29, 1.82) is 0 Å². The van der Waals surface area contributed by atoms with Gasteiger partial charge >= 0.3 is 18.0 Å². The van der Waals surface area contributed by atoms with Gasteiger partial charge in [-0.15, -0.1) is 11.3 Å². The monoisotopic (exact) mass is 300 g/mol. The summed E-state index contributed by atoms with van der Waals surface area (Å²) in [5.41, 5.74) is 0. The first-order valence-electron chi connectivity index (χ1n) is 5.89. The largest absolute Gasteiger partial charge is 0.479 e. The smallest absolute Gasteiger partial charge is 0.331 e. The zero-order valence-electron chi connectivity index (χ0n) is 11.2. The van der Waals surface area contributed by atoms with Crippen LogP contribution < -0.4 is 5.32 Å². The molecular weight excluding hydrogens is 284 g/mol. The van der Waals surface area contributed by atoms with E-state index in [0.717, 1.165) is 4.90 Å². The van der Waals surface area contributed by atoms with E-state index < -0.39 is 24.0 Å². The fraction of sp³-hybridized carbons (Fsp3) is 0.417. The van der Waals surface area contributed by atoms with Crippen molar-refractivity contribution in [2.24, 2.45) is 0 Å². The Kier molecular flexibility index (Phi) is 5.98. The molecule has 2 N–H and O–H groups in total. The molecule has 2 amide bonds. The van der Waals surface area contributed by atoms with Crippen molar-refractivity contribution in [3.05, 3.63) is 22.4 Å². The van der Waals surface area contributed by atoms with Crippen molar-refractivity contribution < 1.29 is 24.2 Å². The highest BCUT2D eigenvalue weighted by atomic mass is 32.1. The number of carboxylic acids is 1. The van der Waals surface area contributed by atoms with E-state index in [-0.39, 0.29) is 13.2 Å². The van der Waals surface area contributed by atoms with Gasteiger partial charge in [0.2, 0.25) is 0 Å². The molecule has 0 bridgehead atoms. The summed E-state index contributed by atoms with van der Waals surface area (Å²) in [5.74, 6) is -1.71. The number of nitrogens with zero attached hydrogens (tertiary/aromatic N) is 1. The Bertz CT molecular complexity index is 474. The van der Waals surface area contributed by atoms with Gasteiger partial charge in [0.15, 0.2) is 6.04 Å². The second kappa shape index (κ2) is 7.49. The number of carbonyl (C=O) groups excluding carboxylic acids is 2. The van der Waals surface area contributed by atoms with Gasteiger partial charge in [-0.25, -0.2) is 9.59 Å². The number of esters is 1. The maximum atomic E-state index is 11.8. The number of nitrogens with one attached hydrogen (secondary N) is 1. The molecule has 1 rings (SSSR count). The second-order valence-corrected chi connectivity index (χ2v) is 4.88. The van der Waals surface area contributed by atoms with Gasteiger partial charge in [-0.2, -0.15) is 0 Å². The Morgan fingerprint density at radius 2 is 2.20 bits per heavy atom. The van der Waals surface area contributed by atoms with Crippen molar-refractivity contribution in [3.63, 3.8) is 0 Å². The molecule has 0 saturated carbocycles. The first kappa shape index (κ1) is 16.0. The molecule has 1 atom stereocenters. The highest BCUT2D eigenvalue weighted by Crippen LogP contribution is 2.19. The molecule has 0 aliphatic heterocycles. The van der Waals surface area contributed by atoms with Crippen molar-refractivity contribution >= 4 is 29.3 Å². The standard InChI is InChI=1S/C12H16N2O5S/c1-3-19-9(15)7-14(2)12(18)13-10(11(16)17)8-5-4-6-20-8/h4-6,10H,3,7H2,1-2H3,(H,13,18)(H,16,17). The molecule has 1 heterocycles. The number of amides is 2. The first-order chi connectivity index (χ1) is 9.45. The van der Waals surface area contributed by atoms with E-state index >= 15 is 0 Å². The van der Waals surface area contributed by atoms with Crippen LogP contribution in [-0.4, -0.2) is 48.2 Å². The van der Waals surface area contributed by atoms with Gasteiger partial charge in [-0.05, 0) is 18.4 Å². The lowest BCUT2D eigenvalue weighted by Gasteiger charge is -2.20. The normalized spacial score (nSPS) is 11.5. The first-order valence-corrected chi connectivity index (χ1v) is 6.77. The predicted molar refractivity (Wildman–Crippen MR) is 72.5 cm³/mol. The van der Waals surface area contributed by atoms with Gasteiger partial charge < -0.3 is 20.1 Å². The maximum absolute atomic E-state index is 11.8. The molecule has 20 heavy (non-hydrogen) atoms. The molecule has 8 heteroatoms. The Morgan fingerprint density at radius 1 is 1.50 bits per heavy atom. The molecule has 7 nitrogen and oxygen atoms in total. The van der Waals surface area contributed by atoms with E-state index in [1.807, 2.05) is 0 Å². The van der Waals surface area contributed by atoms with E-state index in [9.17, 15) is 14.4 Å². The van der Waals surface area contributed by atoms with Gasteiger partial charge in [0.05, 0.1) is 6.61 Å². The van der Waals surface area contributed by atoms with Gasteiger partial charge in [-0.3, -0.25) is 4.79 Å². The topological polar surface area (TPSA) is 95.9 Å². The Hall–Kier alpha value is -2.09.